The highest BCUT2D eigenvalue weighted by atomic mass is 16.5. The van der Waals surface area contributed by atoms with Gasteiger partial charge in [-0.25, -0.2) is 4.79 Å². The molecule has 4 heteroatoms. The first-order valence-corrected chi connectivity index (χ1v) is 5.03. The first-order valence-electron chi connectivity index (χ1n) is 5.03. The number of carbonyl (C=O) groups excluding carboxylic acids is 1. The van der Waals surface area contributed by atoms with E-state index in [1.54, 1.807) is 12.1 Å². The van der Waals surface area contributed by atoms with Crippen LogP contribution in [0.2, 0.25) is 0 Å². The van der Waals surface area contributed by atoms with E-state index in [4.69, 9.17) is 11.5 Å². The SMILES string of the molecule is COC(=O)c1cc(C=CCCN)ccc1N. The largest absolute Gasteiger partial charge is 0.465 e. The molecule has 0 aromatic heterocycles. The van der Waals surface area contributed by atoms with Gasteiger partial charge in [-0.3, -0.25) is 0 Å². The standard InChI is InChI=1S/C12H16N2O2/c1-16-12(15)10-8-9(4-2-3-7-13)5-6-11(10)14/h2,4-6,8H,3,7,13-14H2,1H3. The molecule has 0 spiro atoms. The van der Waals surface area contributed by atoms with Crippen molar-refractivity contribution in [2.45, 2.75) is 6.42 Å². The highest BCUT2D eigenvalue weighted by Crippen LogP contribution is 2.16. The monoisotopic (exact) mass is 220 g/mol. The Bertz CT molecular complexity index is 400. The van der Waals surface area contributed by atoms with Gasteiger partial charge in [0.05, 0.1) is 12.7 Å². The predicted molar refractivity (Wildman–Crippen MR) is 64.9 cm³/mol. The average Bonchev–Trinajstić information content (AvgIpc) is 2.30. The van der Waals surface area contributed by atoms with E-state index in [1.807, 2.05) is 18.2 Å². The third kappa shape index (κ3) is 3.10. The van der Waals surface area contributed by atoms with E-state index < -0.39 is 5.97 Å². The van der Waals surface area contributed by atoms with Gasteiger partial charge >= 0.3 is 5.97 Å². The number of nitrogen functional groups attached to an aromatic ring is 1. The zero-order valence-corrected chi connectivity index (χ0v) is 9.27. The van der Waals surface area contributed by atoms with Crippen LogP contribution in [-0.4, -0.2) is 19.6 Å². The molecule has 0 aliphatic carbocycles. The lowest BCUT2D eigenvalue weighted by Crippen LogP contribution is -2.05. The third-order valence-corrected chi connectivity index (χ3v) is 2.13. The van der Waals surface area contributed by atoms with Gasteiger partial charge in [-0.05, 0) is 30.7 Å². The highest BCUT2D eigenvalue weighted by Gasteiger charge is 2.09. The Labute approximate surface area is 94.9 Å². The molecule has 0 unspecified atom stereocenters. The summed E-state index contributed by atoms with van der Waals surface area (Å²) in [5.74, 6) is -0.424. The molecule has 4 nitrogen and oxygen atoms in total. The van der Waals surface area contributed by atoms with Crippen LogP contribution in [0.3, 0.4) is 0 Å². The van der Waals surface area contributed by atoms with Gasteiger partial charge in [0.25, 0.3) is 0 Å². The van der Waals surface area contributed by atoms with Gasteiger partial charge in [0.1, 0.15) is 0 Å². The van der Waals surface area contributed by atoms with Crippen LogP contribution in [-0.2, 0) is 4.74 Å². The number of ether oxygens (including phenoxy) is 1. The van der Waals surface area contributed by atoms with E-state index in [0.29, 0.717) is 17.8 Å². The van der Waals surface area contributed by atoms with Gasteiger partial charge in [0.15, 0.2) is 0 Å². The number of benzene rings is 1. The molecule has 0 amide bonds. The van der Waals surface area contributed by atoms with E-state index in [2.05, 4.69) is 4.74 Å². The summed E-state index contributed by atoms with van der Waals surface area (Å²) in [5, 5.41) is 0. The Morgan fingerprint density at radius 1 is 1.50 bits per heavy atom. The fraction of sp³-hybridized carbons (Fsp3) is 0.250. The van der Waals surface area contributed by atoms with Gasteiger partial charge in [-0.2, -0.15) is 0 Å². The molecule has 0 atom stereocenters. The van der Waals surface area contributed by atoms with Gasteiger partial charge < -0.3 is 16.2 Å². The van der Waals surface area contributed by atoms with Crippen molar-refractivity contribution in [3.63, 3.8) is 0 Å². The molecule has 0 aliphatic heterocycles. The zero-order chi connectivity index (χ0) is 12.0. The molecular formula is C12H16N2O2. The quantitative estimate of drug-likeness (QED) is 0.594. The van der Waals surface area contributed by atoms with Crippen LogP contribution in [0.25, 0.3) is 6.08 Å². The van der Waals surface area contributed by atoms with E-state index in [1.165, 1.54) is 7.11 Å². The summed E-state index contributed by atoms with van der Waals surface area (Å²) in [7, 11) is 1.33. The number of methoxy groups -OCH3 is 1. The van der Waals surface area contributed by atoms with Crippen LogP contribution >= 0.6 is 0 Å². The van der Waals surface area contributed by atoms with Crippen molar-refractivity contribution in [1.82, 2.24) is 0 Å². The second kappa shape index (κ2) is 5.92. The average molecular weight is 220 g/mol. The van der Waals surface area contributed by atoms with E-state index >= 15 is 0 Å². The maximum Gasteiger partial charge on any atom is 0.339 e. The van der Waals surface area contributed by atoms with Gasteiger partial charge in [0.2, 0.25) is 0 Å². The molecule has 1 aromatic rings. The maximum atomic E-state index is 11.4. The highest BCUT2D eigenvalue weighted by molar-refractivity contribution is 5.95. The molecule has 0 heterocycles. The Kier molecular flexibility index (Phi) is 4.54. The van der Waals surface area contributed by atoms with E-state index in [9.17, 15) is 4.79 Å². The molecule has 1 rings (SSSR count). The summed E-state index contributed by atoms with van der Waals surface area (Å²) < 4.78 is 4.63. The fourth-order valence-electron chi connectivity index (χ4n) is 1.28. The fourth-order valence-corrected chi connectivity index (χ4v) is 1.28. The first kappa shape index (κ1) is 12.3. The summed E-state index contributed by atoms with van der Waals surface area (Å²) in [6, 6.07) is 5.23. The molecule has 1 aromatic carbocycles. The van der Waals surface area contributed by atoms with Crippen LogP contribution in [0.15, 0.2) is 24.3 Å². The molecule has 0 saturated carbocycles. The molecular weight excluding hydrogens is 204 g/mol. The smallest absolute Gasteiger partial charge is 0.339 e. The minimum Gasteiger partial charge on any atom is -0.465 e. The molecule has 0 fully saturated rings. The lowest BCUT2D eigenvalue weighted by atomic mass is 10.1. The van der Waals surface area contributed by atoms with Crippen LogP contribution in [0, 0.1) is 0 Å². The summed E-state index contributed by atoms with van der Waals surface area (Å²) >= 11 is 0. The lowest BCUT2D eigenvalue weighted by Gasteiger charge is -2.04. The maximum absolute atomic E-state index is 11.4. The van der Waals surface area contributed by atoms with Crippen molar-refractivity contribution in [1.29, 1.82) is 0 Å². The van der Waals surface area contributed by atoms with Gasteiger partial charge in [-0.15, -0.1) is 0 Å². The van der Waals surface area contributed by atoms with Gasteiger partial charge in [-0.1, -0.05) is 18.2 Å². The van der Waals surface area contributed by atoms with Crippen molar-refractivity contribution in [3.05, 3.63) is 35.4 Å². The number of anilines is 1. The predicted octanol–water partition coefficient (Wildman–Crippen LogP) is 1.42. The minimum absolute atomic E-state index is 0.386. The Morgan fingerprint density at radius 2 is 2.25 bits per heavy atom. The second-order valence-electron chi connectivity index (χ2n) is 3.32. The van der Waals surface area contributed by atoms with Crippen LogP contribution in [0.4, 0.5) is 5.69 Å². The molecule has 4 N–H and O–H groups in total. The second-order valence-corrected chi connectivity index (χ2v) is 3.32. The Balaban J connectivity index is 2.93. The van der Waals surface area contributed by atoms with Crippen molar-refractivity contribution >= 4 is 17.7 Å². The normalized spacial score (nSPS) is 10.6. The zero-order valence-electron chi connectivity index (χ0n) is 9.27. The van der Waals surface area contributed by atoms with Crippen molar-refractivity contribution in [3.8, 4) is 0 Å². The van der Waals surface area contributed by atoms with Crippen molar-refractivity contribution in [2.75, 3.05) is 19.4 Å². The van der Waals surface area contributed by atoms with Crippen LogP contribution < -0.4 is 11.5 Å². The Morgan fingerprint density at radius 3 is 2.88 bits per heavy atom. The van der Waals surface area contributed by atoms with E-state index in [0.717, 1.165) is 12.0 Å². The molecule has 0 bridgehead atoms. The molecule has 0 radical (unpaired) electrons. The van der Waals surface area contributed by atoms with Crippen molar-refractivity contribution < 1.29 is 9.53 Å². The third-order valence-electron chi connectivity index (χ3n) is 2.13. The summed E-state index contributed by atoms with van der Waals surface area (Å²) in [6.45, 7) is 0.606. The number of rotatable bonds is 4. The number of esters is 1. The molecule has 86 valence electrons. The molecule has 16 heavy (non-hydrogen) atoms. The molecule has 0 aliphatic rings. The number of hydrogen-bond donors (Lipinski definition) is 2. The number of carbonyl (C=O) groups is 1. The summed E-state index contributed by atoms with van der Waals surface area (Å²) in [5.41, 5.74) is 12.8. The van der Waals surface area contributed by atoms with Crippen LogP contribution in [0.5, 0.6) is 0 Å². The lowest BCUT2D eigenvalue weighted by molar-refractivity contribution is 0.0602. The van der Waals surface area contributed by atoms with Gasteiger partial charge in [0, 0.05) is 5.69 Å². The van der Waals surface area contributed by atoms with Crippen LogP contribution in [0.1, 0.15) is 22.3 Å². The summed E-state index contributed by atoms with van der Waals surface area (Å²) in [6.07, 6.45) is 4.66. The Hall–Kier alpha value is -1.81. The number of nitrogens with two attached hydrogens (primary N) is 2. The van der Waals surface area contributed by atoms with E-state index in [-0.39, 0.29) is 0 Å². The first-order chi connectivity index (χ1) is 7.69. The van der Waals surface area contributed by atoms with Crippen molar-refractivity contribution in [2.24, 2.45) is 5.73 Å². The minimum atomic E-state index is -0.424. The topological polar surface area (TPSA) is 78.3 Å². The number of hydrogen-bond acceptors (Lipinski definition) is 4. The molecule has 0 saturated heterocycles. The summed E-state index contributed by atoms with van der Waals surface area (Å²) in [4.78, 5) is 11.4.